The molecule has 1 aromatic heterocycles. The molecule has 2 aliphatic carbocycles. The Labute approximate surface area is 365 Å². The number of carbonyl (C=O) groups excluding carboxylic acids is 5. The van der Waals surface area contributed by atoms with E-state index >= 15 is 4.39 Å². The minimum absolute atomic E-state index is 0.0123. The van der Waals surface area contributed by atoms with Gasteiger partial charge in [-0.05, 0) is 80.3 Å². The number of ether oxygens (including phenoxy) is 1. The van der Waals surface area contributed by atoms with E-state index in [1.807, 2.05) is 17.0 Å². The van der Waals surface area contributed by atoms with E-state index in [4.69, 9.17) is 21.3 Å². The van der Waals surface area contributed by atoms with Crippen LogP contribution < -0.4 is 15.0 Å². The van der Waals surface area contributed by atoms with Gasteiger partial charge in [-0.1, -0.05) is 45.2 Å². The molecule has 4 aliphatic heterocycles. The average Bonchev–Trinajstić information content (AvgIpc) is 3.65. The average molecular weight is 859 g/mol. The van der Waals surface area contributed by atoms with Crippen LogP contribution in [0.4, 0.5) is 10.1 Å². The van der Waals surface area contributed by atoms with Gasteiger partial charge in [-0.25, -0.2) is 9.37 Å². The maximum absolute atomic E-state index is 15.5. The van der Waals surface area contributed by atoms with Gasteiger partial charge in [0.05, 0.1) is 33.1 Å². The molecule has 1 saturated carbocycles. The topological polar surface area (TPSA) is 153 Å². The fourth-order valence-corrected chi connectivity index (χ4v) is 11.6. The summed E-state index contributed by atoms with van der Waals surface area (Å²) in [6.45, 7) is 11.7. The molecule has 320 valence electrons. The smallest absolute Gasteiger partial charge is 0.262 e. The predicted octanol–water partition coefficient (Wildman–Crippen LogP) is 6.36. The van der Waals surface area contributed by atoms with E-state index in [-0.39, 0.29) is 64.2 Å². The zero-order valence-corrected chi connectivity index (χ0v) is 36.0. The van der Waals surface area contributed by atoms with Crippen molar-refractivity contribution in [3.63, 3.8) is 0 Å². The van der Waals surface area contributed by atoms with Crippen LogP contribution in [0.1, 0.15) is 114 Å². The monoisotopic (exact) mass is 858 g/mol. The molecule has 3 saturated heterocycles. The normalized spacial score (nSPS) is 25.6. The molecule has 9 rings (SSSR count). The lowest BCUT2D eigenvalue weighted by atomic mass is 9.44. The third-order valence-corrected chi connectivity index (χ3v) is 14.8. The number of nitrogens with zero attached hydrogens (tertiary/aromatic N) is 5. The Morgan fingerprint density at radius 2 is 1.63 bits per heavy atom. The molecule has 0 bridgehead atoms. The summed E-state index contributed by atoms with van der Waals surface area (Å²) in [4.78, 5) is 74.0. The third-order valence-electron chi connectivity index (χ3n) is 14.5. The summed E-state index contributed by atoms with van der Waals surface area (Å²) in [6.07, 6.45) is 3.86. The van der Waals surface area contributed by atoms with Gasteiger partial charge in [0.25, 0.3) is 11.8 Å². The van der Waals surface area contributed by atoms with Crippen LogP contribution in [0.25, 0.3) is 0 Å². The Morgan fingerprint density at radius 3 is 2.31 bits per heavy atom. The minimum Gasteiger partial charge on any atom is -0.489 e. The van der Waals surface area contributed by atoms with E-state index in [1.54, 1.807) is 18.2 Å². The number of nitrogens with one attached hydrogen (secondary N) is 1. The number of rotatable bonds is 8. The number of hydrogen-bond donors (Lipinski definition) is 1. The first-order valence-electron chi connectivity index (χ1n) is 21.5. The number of amides is 4. The number of hydrogen-bond acceptors (Lipinski definition) is 10. The molecule has 1 N–H and O–H groups in total. The van der Waals surface area contributed by atoms with Crippen molar-refractivity contribution in [1.29, 1.82) is 5.26 Å². The van der Waals surface area contributed by atoms with Crippen molar-refractivity contribution in [2.75, 3.05) is 31.1 Å². The standard InChI is InChI=1S/C48H48ClFN6O6/c1-47(2)40(48(3,4)46(47)62-31-10-6-28(23-51)35(49)20-31)13-7-27-19-37-32(42(27)58)11-9-29(52-37)8-5-26-24-55(25-26)30-15-17-54(18-16-30)39-22-34-33(21-36(39)50)44(60)56(45(34)61)38-12-14-41(57)53-43(38)59/h6,9-11,20-22,26-27,30,38,40,46H,7,12-19,24-25H2,1-4H3,(H,53,57,59)/t27?,38?,40-,46-. The van der Waals surface area contributed by atoms with Crippen molar-refractivity contribution in [3.05, 3.63) is 86.9 Å². The van der Waals surface area contributed by atoms with Crippen LogP contribution in [-0.4, -0.2) is 88.6 Å². The number of imide groups is 2. The largest absolute Gasteiger partial charge is 0.489 e. The molecule has 12 nitrogen and oxygen atoms in total. The Morgan fingerprint density at radius 1 is 0.919 bits per heavy atom. The number of benzene rings is 2. The maximum atomic E-state index is 15.5. The SMILES string of the molecule is CC1(C)[C@H](CCC2Cc3nc(C#CC4CN(C5CCN(c6cc7c(cc6F)C(=O)N(C6CCC(=O)NC6=O)C7=O)CC5)C4)ccc3C2=O)C(C)(C)[C@H]1Oc1ccc(C#N)c(Cl)c1. The molecule has 0 radical (unpaired) electrons. The van der Waals surface area contributed by atoms with Crippen LogP contribution in [0, 0.1) is 57.6 Å². The van der Waals surface area contributed by atoms with E-state index in [2.05, 4.69) is 55.8 Å². The molecule has 62 heavy (non-hydrogen) atoms. The number of Topliss-reactive ketones (excluding diaryl/α,β-unsaturated/α-hetero) is 1. The van der Waals surface area contributed by atoms with Crippen molar-refractivity contribution in [2.24, 2.45) is 28.6 Å². The second kappa shape index (κ2) is 15.6. The summed E-state index contributed by atoms with van der Waals surface area (Å²) >= 11 is 6.28. The molecule has 2 aromatic carbocycles. The van der Waals surface area contributed by atoms with Gasteiger partial charge in [0, 0.05) is 79.4 Å². The van der Waals surface area contributed by atoms with Gasteiger partial charge in [0.15, 0.2) is 5.78 Å². The molecule has 14 heteroatoms. The van der Waals surface area contributed by atoms with Crippen LogP contribution >= 0.6 is 11.6 Å². The van der Waals surface area contributed by atoms with E-state index in [1.165, 1.54) is 6.07 Å². The Balaban J connectivity index is 0.750. The van der Waals surface area contributed by atoms with Crippen molar-refractivity contribution < 1.29 is 33.1 Å². The number of anilines is 1. The Hall–Kier alpha value is -5.63. The molecule has 6 aliphatic rings. The lowest BCUT2D eigenvalue weighted by molar-refractivity contribution is -0.201. The lowest BCUT2D eigenvalue weighted by Gasteiger charge is -2.63. The third kappa shape index (κ3) is 7.13. The summed E-state index contributed by atoms with van der Waals surface area (Å²) in [7, 11) is 0. The highest BCUT2D eigenvalue weighted by Gasteiger charge is 2.63. The number of likely N-dealkylation sites (tertiary alicyclic amines) is 1. The molecule has 4 amide bonds. The fraction of sp³-hybridized carbons (Fsp3) is 0.479. The zero-order valence-electron chi connectivity index (χ0n) is 35.2. The molecule has 0 spiro atoms. The zero-order chi connectivity index (χ0) is 43.8. The number of ketones is 1. The van der Waals surface area contributed by atoms with E-state index < -0.39 is 35.5 Å². The van der Waals surface area contributed by atoms with Gasteiger partial charge in [-0.2, -0.15) is 5.26 Å². The number of aromatic nitrogens is 1. The van der Waals surface area contributed by atoms with Crippen molar-refractivity contribution >= 4 is 46.7 Å². The van der Waals surface area contributed by atoms with Crippen molar-refractivity contribution in [3.8, 4) is 23.7 Å². The Kier molecular flexibility index (Phi) is 10.5. The van der Waals surface area contributed by atoms with Gasteiger partial charge in [-0.15, -0.1) is 0 Å². The first-order chi connectivity index (χ1) is 29.5. The maximum Gasteiger partial charge on any atom is 0.262 e. The summed E-state index contributed by atoms with van der Waals surface area (Å²) in [5.74, 6) is 4.74. The highest BCUT2D eigenvalue weighted by atomic mass is 35.5. The molecule has 3 aromatic rings. The van der Waals surface area contributed by atoms with Gasteiger partial charge >= 0.3 is 0 Å². The lowest BCUT2D eigenvalue weighted by Crippen LogP contribution is -2.65. The van der Waals surface area contributed by atoms with E-state index in [9.17, 15) is 29.2 Å². The van der Waals surface area contributed by atoms with E-state index in [0.29, 0.717) is 59.1 Å². The highest BCUT2D eigenvalue weighted by molar-refractivity contribution is 6.31. The number of nitriles is 1. The molecule has 2 atom stereocenters. The predicted molar refractivity (Wildman–Crippen MR) is 227 cm³/mol. The number of carbonyl (C=O) groups is 5. The van der Waals surface area contributed by atoms with Crippen LogP contribution in [0.5, 0.6) is 5.75 Å². The second-order valence-electron chi connectivity index (χ2n) is 18.9. The highest BCUT2D eigenvalue weighted by Crippen LogP contribution is 2.62. The minimum atomic E-state index is -1.11. The van der Waals surface area contributed by atoms with Crippen molar-refractivity contribution in [2.45, 2.75) is 90.8 Å². The number of pyridine rings is 1. The van der Waals surface area contributed by atoms with Crippen LogP contribution in [0.3, 0.4) is 0 Å². The molecular formula is C48H48ClFN6O6. The van der Waals surface area contributed by atoms with Crippen molar-refractivity contribution in [1.82, 2.24) is 20.1 Å². The second-order valence-corrected chi connectivity index (χ2v) is 19.3. The number of halogens is 2. The molecule has 2 unspecified atom stereocenters. The van der Waals surface area contributed by atoms with Crippen LogP contribution in [-0.2, 0) is 16.0 Å². The quantitative estimate of drug-likeness (QED) is 0.200. The Bertz CT molecular complexity index is 2530. The summed E-state index contributed by atoms with van der Waals surface area (Å²) in [5.41, 5.74) is 2.60. The van der Waals surface area contributed by atoms with Crippen LogP contribution in [0.2, 0.25) is 5.02 Å². The first-order valence-corrected chi connectivity index (χ1v) is 21.9. The number of piperidine rings is 2. The summed E-state index contributed by atoms with van der Waals surface area (Å²) in [6, 6.07) is 12.7. The molecule has 5 heterocycles. The first kappa shape index (κ1) is 41.7. The summed E-state index contributed by atoms with van der Waals surface area (Å²) < 4.78 is 21.9. The number of fused-ring (bicyclic) bond motifs is 2. The van der Waals surface area contributed by atoms with Gasteiger partial charge in [0.1, 0.15) is 35.5 Å². The van der Waals surface area contributed by atoms with E-state index in [0.717, 1.165) is 55.4 Å². The summed E-state index contributed by atoms with van der Waals surface area (Å²) in [5, 5.41) is 11.8. The fourth-order valence-electron chi connectivity index (χ4n) is 11.4. The van der Waals surface area contributed by atoms with Gasteiger partial charge in [-0.3, -0.25) is 39.1 Å². The van der Waals surface area contributed by atoms with Gasteiger partial charge in [0.2, 0.25) is 11.8 Å². The molecule has 4 fully saturated rings. The van der Waals surface area contributed by atoms with Crippen LogP contribution in [0.15, 0.2) is 42.5 Å². The van der Waals surface area contributed by atoms with Gasteiger partial charge < -0.3 is 9.64 Å². The molecular weight excluding hydrogens is 811 g/mol.